The molecule has 9 heteroatoms. The van der Waals surface area contributed by atoms with Crippen LogP contribution in [-0.4, -0.2) is 61.6 Å². The molecule has 0 saturated carbocycles. The van der Waals surface area contributed by atoms with Crippen molar-refractivity contribution in [1.82, 2.24) is 29.5 Å². The number of aryl methyl sites for hydroxylation is 3. The highest BCUT2D eigenvalue weighted by Gasteiger charge is 2.21. The maximum atomic E-state index is 12.7. The molecule has 1 fully saturated rings. The normalized spacial score (nSPS) is 14.7. The van der Waals surface area contributed by atoms with Crippen LogP contribution in [0.4, 0.5) is 0 Å². The topological polar surface area (TPSA) is 97.4 Å². The van der Waals surface area contributed by atoms with E-state index < -0.39 is 0 Å². The van der Waals surface area contributed by atoms with Gasteiger partial charge in [0.1, 0.15) is 5.56 Å². The third-order valence-corrected chi connectivity index (χ3v) is 5.48. The van der Waals surface area contributed by atoms with E-state index in [2.05, 4.69) is 51.2 Å². The van der Waals surface area contributed by atoms with Crippen LogP contribution in [0.2, 0.25) is 0 Å². The zero-order valence-electron chi connectivity index (χ0n) is 17.8. The SMILES string of the molecule is Cc1ccc(CN2CCN(C(=O)CCn3cncc(-c4nc(C)no4)c3=O)CC2)cc1. The van der Waals surface area contributed by atoms with Gasteiger partial charge >= 0.3 is 0 Å². The van der Waals surface area contributed by atoms with E-state index in [1.165, 1.54) is 28.2 Å². The van der Waals surface area contributed by atoms with Crippen LogP contribution in [0.1, 0.15) is 23.4 Å². The molecule has 31 heavy (non-hydrogen) atoms. The maximum absolute atomic E-state index is 12.7. The van der Waals surface area contributed by atoms with Crippen LogP contribution in [0.25, 0.3) is 11.5 Å². The third-order valence-electron chi connectivity index (χ3n) is 5.48. The molecule has 0 radical (unpaired) electrons. The van der Waals surface area contributed by atoms with E-state index in [1.54, 1.807) is 6.92 Å². The number of rotatable bonds is 6. The highest BCUT2D eigenvalue weighted by atomic mass is 16.5. The second-order valence-corrected chi connectivity index (χ2v) is 7.85. The van der Waals surface area contributed by atoms with Crippen LogP contribution in [-0.2, 0) is 17.9 Å². The molecular formula is C22H26N6O3. The Morgan fingerprint density at radius 2 is 1.84 bits per heavy atom. The van der Waals surface area contributed by atoms with Crippen LogP contribution < -0.4 is 5.56 Å². The van der Waals surface area contributed by atoms with Gasteiger partial charge in [-0.1, -0.05) is 35.0 Å². The molecule has 1 aliphatic heterocycles. The number of benzene rings is 1. The largest absolute Gasteiger partial charge is 0.340 e. The van der Waals surface area contributed by atoms with E-state index in [0.29, 0.717) is 18.9 Å². The van der Waals surface area contributed by atoms with E-state index in [-0.39, 0.29) is 35.9 Å². The van der Waals surface area contributed by atoms with Crippen molar-refractivity contribution >= 4 is 5.91 Å². The van der Waals surface area contributed by atoms with Crippen molar-refractivity contribution in [3.63, 3.8) is 0 Å². The lowest BCUT2D eigenvalue weighted by atomic mass is 10.1. The van der Waals surface area contributed by atoms with Gasteiger partial charge in [-0.05, 0) is 19.4 Å². The molecule has 1 aromatic carbocycles. The van der Waals surface area contributed by atoms with Crippen LogP contribution in [0.3, 0.4) is 0 Å². The van der Waals surface area contributed by atoms with Crippen LogP contribution in [0.15, 0.2) is 46.1 Å². The van der Waals surface area contributed by atoms with E-state index in [9.17, 15) is 9.59 Å². The molecule has 3 heterocycles. The minimum absolute atomic E-state index is 0.0425. The molecule has 0 spiro atoms. The summed E-state index contributed by atoms with van der Waals surface area (Å²) in [6, 6.07) is 8.56. The smallest absolute Gasteiger partial charge is 0.266 e. The van der Waals surface area contributed by atoms with Gasteiger partial charge in [-0.2, -0.15) is 4.98 Å². The number of carbonyl (C=O) groups excluding carboxylic acids is 1. The molecule has 0 unspecified atom stereocenters. The molecule has 2 aromatic heterocycles. The Hall–Kier alpha value is -3.33. The number of piperazine rings is 1. The predicted molar refractivity (Wildman–Crippen MR) is 114 cm³/mol. The van der Waals surface area contributed by atoms with Crippen molar-refractivity contribution in [1.29, 1.82) is 0 Å². The highest BCUT2D eigenvalue weighted by Crippen LogP contribution is 2.12. The van der Waals surface area contributed by atoms with Crippen molar-refractivity contribution in [2.45, 2.75) is 33.4 Å². The summed E-state index contributed by atoms with van der Waals surface area (Å²) in [6.07, 6.45) is 3.08. The van der Waals surface area contributed by atoms with Gasteiger partial charge < -0.3 is 9.42 Å². The first-order chi connectivity index (χ1) is 15.0. The van der Waals surface area contributed by atoms with Gasteiger partial charge in [-0.3, -0.25) is 19.1 Å². The fourth-order valence-corrected chi connectivity index (χ4v) is 3.64. The van der Waals surface area contributed by atoms with Gasteiger partial charge in [0.15, 0.2) is 5.82 Å². The average molecular weight is 422 g/mol. The van der Waals surface area contributed by atoms with Gasteiger partial charge in [-0.15, -0.1) is 0 Å². The van der Waals surface area contributed by atoms with Crippen molar-refractivity contribution in [2.75, 3.05) is 26.2 Å². The summed E-state index contributed by atoms with van der Waals surface area (Å²) in [4.78, 5) is 37.7. The fourth-order valence-electron chi connectivity index (χ4n) is 3.64. The second-order valence-electron chi connectivity index (χ2n) is 7.85. The number of aromatic nitrogens is 4. The minimum Gasteiger partial charge on any atom is -0.340 e. The van der Waals surface area contributed by atoms with Gasteiger partial charge in [0, 0.05) is 51.9 Å². The number of amides is 1. The first-order valence-electron chi connectivity index (χ1n) is 10.4. The Bertz CT molecular complexity index is 1100. The lowest BCUT2D eigenvalue weighted by Gasteiger charge is -2.34. The molecule has 1 aliphatic rings. The molecule has 162 valence electrons. The van der Waals surface area contributed by atoms with E-state index in [0.717, 1.165) is 19.6 Å². The molecule has 1 saturated heterocycles. The summed E-state index contributed by atoms with van der Waals surface area (Å²) in [7, 11) is 0. The summed E-state index contributed by atoms with van der Waals surface area (Å²) in [5, 5.41) is 3.71. The monoisotopic (exact) mass is 422 g/mol. The fraction of sp³-hybridized carbons (Fsp3) is 0.409. The number of hydrogen-bond acceptors (Lipinski definition) is 7. The van der Waals surface area contributed by atoms with Gasteiger partial charge in [-0.25, -0.2) is 4.98 Å². The Balaban J connectivity index is 1.30. The van der Waals surface area contributed by atoms with E-state index in [4.69, 9.17) is 4.52 Å². The first kappa shape index (κ1) is 20.9. The van der Waals surface area contributed by atoms with Crippen LogP contribution in [0, 0.1) is 13.8 Å². The summed E-state index contributed by atoms with van der Waals surface area (Å²) in [5.74, 6) is 0.628. The standard InChI is InChI=1S/C22H26N6O3/c1-16-3-5-18(6-4-16)14-26-9-11-27(12-10-26)20(29)7-8-28-15-23-13-19(22(28)30)21-24-17(2)25-31-21/h3-6,13,15H,7-12,14H2,1-2H3. The zero-order chi connectivity index (χ0) is 21.8. The van der Waals surface area contributed by atoms with Gasteiger partial charge in [0.25, 0.3) is 11.4 Å². The van der Waals surface area contributed by atoms with Gasteiger partial charge in [0.05, 0.1) is 6.33 Å². The highest BCUT2D eigenvalue weighted by molar-refractivity contribution is 5.76. The summed E-state index contributed by atoms with van der Waals surface area (Å²) in [6.45, 7) is 7.99. The number of hydrogen-bond donors (Lipinski definition) is 0. The molecule has 0 aliphatic carbocycles. The maximum Gasteiger partial charge on any atom is 0.266 e. The van der Waals surface area contributed by atoms with E-state index in [1.807, 2.05) is 4.90 Å². The average Bonchev–Trinajstić information content (AvgIpc) is 3.21. The van der Waals surface area contributed by atoms with Crippen molar-refractivity contribution in [3.05, 3.63) is 64.1 Å². The molecule has 0 bridgehead atoms. The third kappa shape index (κ3) is 5.05. The molecule has 1 amide bonds. The van der Waals surface area contributed by atoms with Crippen molar-refractivity contribution in [2.24, 2.45) is 0 Å². The Morgan fingerprint density at radius 1 is 1.10 bits per heavy atom. The minimum atomic E-state index is -0.297. The molecular weight excluding hydrogens is 396 g/mol. The molecule has 0 atom stereocenters. The second kappa shape index (κ2) is 9.22. The van der Waals surface area contributed by atoms with Crippen LogP contribution in [0.5, 0.6) is 0 Å². The molecule has 3 aromatic rings. The summed E-state index contributed by atoms with van der Waals surface area (Å²) in [5.41, 5.74) is 2.48. The number of carbonyl (C=O) groups is 1. The zero-order valence-corrected chi connectivity index (χ0v) is 17.8. The lowest BCUT2D eigenvalue weighted by Crippen LogP contribution is -2.48. The summed E-state index contributed by atoms with van der Waals surface area (Å²) >= 11 is 0. The van der Waals surface area contributed by atoms with Gasteiger partial charge in [0.2, 0.25) is 5.91 Å². The Morgan fingerprint density at radius 3 is 2.52 bits per heavy atom. The lowest BCUT2D eigenvalue weighted by molar-refractivity contribution is -0.133. The van der Waals surface area contributed by atoms with Crippen molar-refractivity contribution in [3.8, 4) is 11.5 Å². The quantitative estimate of drug-likeness (QED) is 0.596. The predicted octanol–water partition coefficient (Wildman–Crippen LogP) is 1.64. The Labute approximate surface area is 180 Å². The molecule has 4 rings (SSSR count). The molecule has 9 nitrogen and oxygen atoms in total. The molecule has 0 N–H and O–H groups in total. The van der Waals surface area contributed by atoms with Crippen LogP contribution >= 0.6 is 0 Å². The number of nitrogens with zero attached hydrogens (tertiary/aromatic N) is 6. The summed E-state index contributed by atoms with van der Waals surface area (Å²) < 4.78 is 6.49. The van der Waals surface area contributed by atoms with Crippen molar-refractivity contribution < 1.29 is 9.32 Å². The Kier molecular flexibility index (Phi) is 6.22. The van der Waals surface area contributed by atoms with E-state index >= 15 is 0 Å². The first-order valence-corrected chi connectivity index (χ1v) is 10.4.